The van der Waals surface area contributed by atoms with Gasteiger partial charge in [-0.2, -0.15) is 18.3 Å². The minimum absolute atomic E-state index is 0.0966. The van der Waals surface area contributed by atoms with Crippen LogP contribution in [-0.4, -0.2) is 57.6 Å². The Morgan fingerprint density at radius 2 is 1.87 bits per heavy atom. The number of nitrogens with zero attached hydrogens (tertiary/aromatic N) is 4. The molecule has 1 aromatic heterocycles. The molecule has 0 spiro atoms. The fraction of sp³-hybridized carbons (Fsp3) is 0.346. The number of benzene rings is 2. The molecule has 2 amide bonds. The van der Waals surface area contributed by atoms with Crippen LogP contribution in [0.1, 0.15) is 40.2 Å². The maximum Gasteiger partial charge on any atom is 0.435 e. The first-order chi connectivity index (χ1) is 18.0. The third-order valence-electron chi connectivity index (χ3n) is 7.12. The molecule has 2 aromatic carbocycles. The van der Waals surface area contributed by atoms with Crippen LogP contribution in [-0.2, 0) is 23.9 Å². The van der Waals surface area contributed by atoms with Crippen LogP contribution in [0, 0.1) is 0 Å². The largest absolute Gasteiger partial charge is 0.454 e. The van der Waals surface area contributed by atoms with Gasteiger partial charge in [-0.05, 0) is 43.2 Å². The number of halogens is 3. The number of alkyl halides is 3. The minimum atomic E-state index is -4.75. The Kier molecular flexibility index (Phi) is 5.42. The van der Waals surface area contributed by atoms with E-state index in [0.717, 1.165) is 0 Å². The normalized spacial score (nSPS) is 17.2. The molecule has 1 N–H and O–H groups in total. The van der Waals surface area contributed by atoms with E-state index in [4.69, 9.17) is 9.47 Å². The number of carbonyl (C=O) groups excluding carboxylic acids is 2. The maximum atomic E-state index is 14.0. The summed E-state index contributed by atoms with van der Waals surface area (Å²) in [7, 11) is 1.59. The maximum absolute atomic E-state index is 14.0. The zero-order valence-electron chi connectivity index (χ0n) is 20.3. The van der Waals surface area contributed by atoms with Crippen molar-refractivity contribution in [1.82, 2.24) is 14.7 Å². The smallest absolute Gasteiger partial charge is 0.435 e. The summed E-state index contributed by atoms with van der Waals surface area (Å²) < 4.78 is 53.8. The zero-order chi connectivity index (χ0) is 26.8. The lowest BCUT2D eigenvalue weighted by atomic mass is 10.0. The number of hydrogen-bond acceptors (Lipinski definition) is 6. The van der Waals surface area contributed by atoms with Crippen molar-refractivity contribution in [2.24, 2.45) is 0 Å². The molecule has 1 aliphatic carbocycles. The van der Waals surface area contributed by atoms with Crippen LogP contribution in [0.3, 0.4) is 0 Å². The second kappa shape index (κ2) is 8.48. The van der Waals surface area contributed by atoms with Gasteiger partial charge >= 0.3 is 6.18 Å². The van der Waals surface area contributed by atoms with Crippen LogP contribution in [0.25, 0.3) is 5.69 Å². The summed E-state index contributed by atoms with van der Waals surface area (Å²) in [5.74, 6) is 0.160. The minimum Gasteiger partial charge on any atom is -0.454 e. The summed E-state index contributed by atoms with van der Waals surface area (Å²) in [5.41, 5.74) is -1.23. The molecule has 6 rings (SSSR count). The van der Waals surface area contributed by atoms with Gasteiger partial charge in [0.2, 0.25) is 6.79 Å². The van der Waals surface area contributed by atoms with E-state index >= 15 is 0 Å². The van der Waals surface area contributed by atoms with Crippen molar-refractivity contribution in [3.8, 4) is 17.2 Å². The van der Waals surface area contributed by atoms with Crippen molar-refractivity contribution in [3.63, 3.8) is 0 Å². The number of hydrogen-bond donors (Lipinski definition) is 1. The molecule has 0 radical (unpaired) electrons. The quantitative estimate of drug-likeness (QED) is 0.558. The van der Waals surface area contributed by atoms with Gasteiger partial charge in [0.05, 0.1) is 11.4 Å². The van der Waals surface area contributed by atoms with Gasteiger partial charge in [-0.3, -0.25) is 9.59 Å². The zero-order valence-corrected chi connectivity index (χ0v) is 20.3. The lowest BCUT2D eigenvalue weighted by Gasteiger charge is -2.29. The molecular weight excluding hydrogens is 505 g/mol. The Labute approximate surface area is 215 Å². The third-order valence-corrected chi connectivity index (χ3v) is 7.12. The van der Waals surface area contributed by atoms with Crippen LogP contribution in [0.4, 0.5) is 18.9 Å². The molecule has 3 heterocycles. The molecule has 0 bridgehead atoms. The Morgan fingerprint density at radius 3 is 2.61 bits per heavy atom. The number of aromatic nitrogens is 2. The summed E-state index contributed by atoms with van der Waals surface area (Å²) in [6.07, 6.45) is -4.01. The molecule has 2 aliphatic heterocycles. The number of fused-ring (bicyclic) bond motifs is 2. The van der Waals surface area contributed by atoms with Crippen molar-refractivity contribution in [2.45, 2.75) is 37.6 Å². The highest BCUT2D eigenvalue weighted by molar-refractivity contribution is 6.06. The second-order valence-corrected chi connectivity index (χ2v) is 9.64. The Morgan fingerprint density at radius 1 is 1.11 bits per heavy atom. The number of amides is 2. The predicted molar refractivity (Wildman–Crippen MR) is 127 cm³/mol. The van der Waals surface area contributed by atoms with Gasteiger partial charge in [-0.25, -0.2) is 4.68 Å². The molecule has 38 heavy (non-hydrogen) atoms. The SMILES string of the molecule is CN(C(=O)c1cccc(-n2nc(C(F)(F)F)c3c2CCN(C(=O)C2(O)CC2)C3)c1)c1ccc2c(c1)OCO2. The first-order valence-electron chi connectivity index (χ1n) is 12.0. The van der Waals surface area contributed by atoms with Gasteiger partial charge in [0.25, 0.3) is 11.8 Å². The summed E-state index contributed by atoms with van der Waals surface area (Å²) in [4.78, 5) is 28.5. The van der Waals surface area contributed by atoms with Crippen molar-refractivity contribution >= 4 is 17.5 Å². The van der Waals surface area contributed by atoms with E-state index < -0.39 is 23.4 Å². The van der Waals surface area contributed by atoms with E-state index in [1.807, 2.05) is 0 Å². The van der Waals surface area contributed by atoms with Crippen molar-refractivity contribution in [2.75, 3.05) is 25.3 Å². The van der Waals surface area contributed by atoms with Gasteiger partial charge in [0.1, 0.15) is 5.60 Å². The van der Waals surface area contributed by atoms with Gasteiger partial charge in [-0.1, -0.05) is 6.07 Å². The highest BCUT2D eigenvalue weighted by atomic mass is 19.4. The first kappa shape index (κ1) is 24.3. The predicted octanol–water partition coefficient (Wildman–Crippen LogP) is 3.31. The molecule has 3 aliphatic rings. The van der Waals surface area contributed by atoms with Gasteiger partial charge in [0, 0.05) is 49.4 Å². The van der Waals surface area contributed by atoms with Crippen LogP contribution >= 0.6 is 0 Å². The number of rotatable bonds is 4. The molecule has 1 fully saturated rings. The van der Waals surface area contributed by atoms with E-state index in [-0.39, 0.29) is 43.3 Å². The van der Waals surface area contributed by atoms with Crippen LogP contribution in [0.5, 0.6) is 11.5 Å². The summed E-state index contributed by atoms with van der Waals surface area (Å²) in [6.45, 7) is -0.0429. The fourth-order valence-electron chi connectivity index (χ4n) is 4.84. The highest BCUT2D eigenvalue weighted by Gasteiger charge is 2.51. The number of anilines is 1. The fourth-order valence-corrected chi connectivity index (χ4v) is 4.84. The Bertz CT molecular complexity index is 1460. The number of aliphatic hydroxyl groups is 1. The summed E-state index contributed by atoms with van der Waals surface area (Å²) in [5, 5.41) is 14.1. The molecule has 1 saturated carbocycles. The molecule has 0 atom stereocenters. The lowest BCUT2D eigenvalue weighted by molar-refractivity contribution is -0.146. The van der Waals surface area contributed by atoms with Gasteiger partial charge < -0.3 is 24.4 Å². The van der Waals surface area contributed by atoms with Crippen LogP contribution in [0.2, 0.25) is 0 Å². The second-order valence-electron chi connectivity index (χ2n) is 9.64. The molecular formula is C26H23F3N4O5. The highest BCUT2D eigenvalue weighted by Crippen LogP contribution is 2.41. The lowest BCUT2D eigenvalue weighted by Crippen LogP contribution is -2.43. The Balaban J connectivity index is 1.32. The third kappa shape index (κ3) is 4.05. The summed E-state index contributed by atoms with van der Waals surface area (Å²) in [6, 6.07) is 11.3. The first-order valence-corrected chi connectivity index (χ1v) is 12.0. The van der Waals surface area contributed by atoms with E-state index in [0.29, 0.717) is 41.4 Å². The van der Waals surface area contributed by atoms with Crippen molar-refractivity contribution in [1.29, 1.82) is 0 Å². The molecule has 3 aromatic rings. The van der Waals surface area contributed by atoms with Gasteiger partial charge in [0.15, 0.2) is 17.2 Å². The number of ether oxygens (including phenoxy) is 2. The van der Waals surface area contributed by atoms with Crippen LogP contribution in [0.15, 0.2) is 42.5 Å². The Hall–Kier alpha value is -4.06. The van der Waals surface area contributed by atoms with E-state index in [9.17, 15) is 27.9 Å². The van der Waals surface area contributed by atoms with Crippen LogP contribution < -0.4 is 14.4 Å². The summed E-state index contributed by atoms with van der Waals surface area (Å²) >= 11 is 0. The topological polar surface area (TPSA) is 97.1 Å². The molecule has 0 saturated heterocycles. The molecule has 0 unspecified atom stereocenters. The van der Waals surface area contributed by atoms with E-state index in [1.54, 1.807) is 43.4 Å². The average molecular weight is 528 g/mol. The van der Waals surface area contributed by atoms with Gasteiger partial charge in [-0.15, -0.1) is 0 Å². The molecule has 198 valence electrons. The van der Waals surface area contributed by atoms with Crippen molar-refractivity contribution < 1.29 is 37.3 Å². The average Bonchev–Trinajstić information content (AvgIpc) is 3.31. The monoisotopic (exact) mass is 528 g/mol. The van der Waals surface area contributed by atoms with Crippen molar-refractivity contribution in [3.05, 3.63) is 65.0 Å². The van der Waals surface area contributed by atoms with E-state index in [2.05, 4.69) is 5.10 Å². The number of carbonyl (C=O) groups is 2. The van der Waals surface area contributed by atoms with E-state index in [1.165, 1.54) is 20.5 Å². The molecule has 12 heteroatoms. The standard InChI is InChI=1S/C26H23F3N4O5/c1-31(16-5-6-20-21(12-16)38-14-37-20)23(34)15-3-2-4-17(11-15)33-19-7-10-32(24(35)25(36)8-9-25)13-18(19)22(30-33)26(27,28)29/h2-6,11-12,36H,7-10,13-14H2,1H3. The molecule has 9 nitrogen and oxygen atoms in total.